The normalized spacial score (nSPS) is 10.1. The highest BCUT2D eigenvalue weighted by atomic mass is 16.2. The molecule has 1 amide bonds. The van der Waals surface area contributed by atoms with E-state index >= 15 is 0 Å². The molecule has 0 aliphatic heterocycles. The van der Waals surface area contributed by atoms with Crippen LogP contribution in [0.2, 0.25) is 0 Å². The number of nitrogens with zero attached hydrogens (tertiary/aromatic N) is 3. The lowest BCUT2D eigenvalue weighted by molar-refractivity contribution is 0.0743. The van der Waals surface area contributed by atoms with Crippen LogP contribution >= 0.6 is 0 Å². The van der Waals surface area contributed by atoms with Crippen LogP contribution in [-0.2, 0) is 13.0 Å². The van der Waals surface area contributed by atoms with Crippen LogP contribution in [-0.4, -0.2) is 22.3 Å². The van der Waals surface area contributed by atoms with Gasteiger partial charge in [-0.1, -0.05) is 36.4 Å². The number of benzene rings is 2. The standard InChI is InChI=1S/C22H19N3O/c23-16-19-9-11-20(12-10-19)22(26)25(17-21-8-4-5-14-24-21)15-13-18-6-2-1-3-7-18/h1-12,14H,13,15,17H2. The van der Waals surface area contributed by atoms with Crippen molar-refractivity contribution in [2.24, 2.45) is 0 Å². The lowest BCUT2D eigenvalue weighted by Crippen LogP contribution is -2.32. The Balaban J connectivity index is 1.78. The van der Waals surface area contributed by atoms with Gasteiger partial charge >= 0.3 is 0 Å². The molecule has 0 radical (unpaired) electrons. The quantitative estimate of drug-likeness (QED) is 0.684. The Labute approximate surface area is 153 Å². The Bertz CT molecular complexity index is 884. The molecule has 0 saturated heterocycles. The van der Waals surface area contributed by atoms with Crippen LogP contribution in [0.4, 0.5) is 0 Å². The molecule has 4 heteroatoms. The molecule has 4 nitrogen and oxygen atoms in total. The molecule has 26 heavy (non-hydrogen) atoms. The molecule has 3 aromatic rings. The number of pyridine rings is 1. The number of carbonyl (C=O) groups is 1. The van der Waals surface area contributed by atoms with E-state index < -0.39 is 0 Å². The summed E-state index contributed by atoms with van der Waals surface area (Å²) in [6.07, 6.45) is 2.51. The van der Waals surface area contributed by atoms with E-state index in [4.69, 9.17) is 5.26 Å². The van der Waals surface area contributed by atoms with Gasteiger partial charge in [-0.25, -0.2) is 0 Å². The van der Waals surface area contributed by atoms with Gasteiger partial charge in [-0.05, 0) is 48.4 Å². The summed E-state index contributed by atoms with van der Waals surface area (Å²) in [6, 6.07) is 24.6. The summed E-state index contributed by atoms with van der Waals surface area (Å²) in [5.41, 5.74) is 3.16. The molecular weight excluding hydrogens is 322 g/mol. The average molecular weight is 341 g/mol. The van der Waals surface area contributed by atoms with Crippen molar-refractivity contribution in [2.75, 3.05) is 6.54 Å². The molecule has 0 unspecified atom stereocenters. The van der Waals surface area contributed by atoms with Crippen molar-refractivity contribution in [3.05, 3.63) is 101 Å². The highest BCUT2D eigenvalue weighted by Gasteiger charge is 2.16. The molecule has 1 heterocycles. The topological polar surface area (TPSA) is 57.0 Å². The van der Waals surface area contributed by atoms with Crippen molar-refractivity contribution in [3.8, 4) is 6.07 Å². The lowest BCUT2D eigenvalue weighted by atomic mass is 10.1. The van der Waals surface area contributed by atoms with Gasteiger partial charge in [0, 0.05) is 18.3 Å². The Morgan fingerprint density at radius 3 is 2.35 bits per heavy atom. The summed E-state index contributed by atoms with van der Waals surface area (Å²) >= 11 is 0. The van der Waals surface area contributed by atoms with Crippen molar-refractivity contribution in [2.45, 2.75) is 13.0 Å². The van der Waals surface area contributed by atoms with Gasteiger partial charge in [-0.3, -0.25) is 9.78 Å². The van der Waals surface area contributed by atoms with Gasteiger partial charge in [-0.15, -0.1) is 0 Å². The maximum atomic E-state index is 13.0. The summed E-state index contributed by atoms with van der Waals surface area (Å²) in [5, 5.41) is 8.93. The van der Waals surface area contributed by atoms with E-state index in [0.717, 1.165) is 12.1 Å². The third-order valence-corrected chi connectivity index (χ3v) is 4.14. The van der Waals surface area contributed by atoms with Gasteiger partial charge in [-0.2, -0.15) is 5.26 Å². The van der Waals surface area contributed by atoms with E-state index in [1.807, 2.05) is 36.4 Å². The maximum Gasteiger partial charge on any atom is 0.254 e. The molecule has 0 saturated carbocycles. The van der Waals surface area contributed by atoms with Crippen LogP contribution in [0.3, 0.4) is 0 Å². The molecule has 0 aliphatic carbocycles. The Morgan fingerprint density at radius 2 is 1.69 bits per heavy atom. The van der Waals surface area contributed by atoms with Crippen molar-refractivity contribution in [3.63, 3.8) is 0 Å². The highest BCUT2D eigenvalue weighted by Crippen LogP contribution is 2.12. The van der Waals surface area contributed by atoms with E-state index in [1.54, 1.807) is 35.4 Å². The fraction of sp³-hybridized carbons (Fsp3) is 0.136. The fourth-order valence-electron chi connectivity index (χ4n) is 2.72. The Hall–Kier alpha value is -3.45. The first-order valence-electron chi connectivity index (χ1n) is 8.49. The third kappa shape index (κ3) is 4.55. The minimum absolute atomic E-state index is 0.0592. The van der Waals surface area contributed by atoms with Gasteiger partial charge < -0.3 is 4.90 Å². The van der Waals surface area contributed by atoms with Gasteiger partial charge in [0.25, 0.3) is 5.91 Å². The predicted octanol–water partition coefficient (Wildman–Crippen LogP) is 3.84. The number of aromatic nitrogens is 1. The van der Waals surface area contributed by atoms with E-state index in [9.17, 15) is 4.79 Å². The predicted molar refractivity (Wildman–Crippen MR) is 100 cm³/mol. The molecule has 0 spiro atoms. The zero-order valence-electron chi connectivity index (χ0n) is 14.4. The number of nitriles is 1. The second-order valence-electron chi connectivity index (χ2n) is 5.97. The number of carbonyl (C=O) groups excluding carboxylic acids is 1. The number of hydrogen-bond acceptors (Lipinski definition) is 3. The van der Waals surface area contributed by atoms with E-state index in [1.165, 1.54) is 5.56 Å². The van der Waals surface area contributed by atoms with Crippen LogP contribution in [0.5, 0.6) is 0 Å². The largest absolute Gasteiger partial charge is 0.332 e. The minimum Gasteiger partial charge on any atom is -0.332 e. The average Bonchev–Trinajstić information content (AvgIpc) is 2.72. The minimum atomic E-state index is -0.0592. The molecule has 0 bridgehead atoms. The second-order valence-corrected chi connectivity index (χ2v) is 5.97. The van der Waals surface area contributed by atoms with E-state index in [2.05, 4.69) is 23.2 Å². The monoisotopic (exact) mass is 341 g/mol. The molecule has 3 rings (SSSR count). The van der Waals surface area contributed by atoms with Crippen molar-refractivity contribution in [1.29, 1.82) is 5.26 Å². The SMILES string of the molecule is N#Cc1ccc(C(=O)N(CCc2ccccc2)Cc2ccccn2)cc1. The first-order valence-corrected chi connectivity index (χ1v) is 8.49. The zero-order valence-corrected chi connectivity index (χ0v) is 14.4. The van der Waals surface area contributed by atoms with Crippen LogP contribution in [0.1, 0.15) is 27.2 Å². The summed E-state index contributed by atoms with van der Waals surface area (Å²) in [4.78, 5) is 19.1. The smallest absolute Gasteiger partial charge is 0.254 e. The van der Waals surface area contributed by atoms with Crippen molar-refractivity contribution >= 4 is 5.91 Å². The van der Waals surface area contributed by atoms with Crippen LogP contribution < -0.4 is 0 Å². The molecular formula is C22H19N3O. The lowest BCUT2D eigenvalue weighted by Gasteiger charge is -2.22. The molecule has 0 atom stereocenters. The molecule has 1 aromatic heterocycles. The number of amides is 1. The van der Waals surface area contributed by atoms with E-state index in [0.29, 0.717) is 24.2 Å². The Morgan fingerprint density at radius 1 is 0.962 bits per heavy atom. The zero-order chi connectivity index (χ0) is 18.2. The Kier molecular flexibility index (Phi) is 5.74. The van der Waals surface area contributed by atoms with Gasteiger partial charge in [0.2, 0.25) is 0 Å². The molecule has 128 valence electrons. The number of hydrogen-bond donors (Lipinski definition) is 0. The summed E-state index contributed by atoms with van der Waals surface area (Å²) in [7, 11) is 0. The number of rotatable bonds is 6. The summed E-state index contributed by atoms with van der Waals surface area (Å²) in [6.45, 7) is 1.05. The van der Waals surface area contributed by atoms with Crippen LogP contribution in [0.25, 0.3) is 0 Å². The summed E-state index contributed by atoms with van der Waals surface area (Å²) in [5.74, 6) is -0.0592. The van der Waals surface area contributed by atoms with Crippen molar-refractivity contribution in [1.82, 2.24) is 9.88 Å². The second kappa shape index (κ2) is 8.59. The van der Waals surface area contributed by atoms with Crippen molar-refractivity contribution < 1.29 is 4.79 Å². The fourth-order valence-corrected chi connectivity index (χ4v) is 2.72. The molecule has 0 fully saturated rings. The third-order valence-electron chi connectivity index (χ3n) is 4.14. The van der Waals surface area contributed by atoms with Gasteiger partial charge in [0.1, 0.15) is 0 Å². The van der Waals surface area contributed by atoms with Crippen LogP contribution in [0, 0.1) is 11.3 Å². The summed E-state index contributed by atoms with van der Waals surface area (Å²) < 4.78 is 0. The first-order chi connectivity index (χ1) is 12.8. The van der Waals surface area contributed by atoms with E-state index in [-0.39, 0.29) is 5.91 Å². The highest BCUT2D eigenvalue weighted by molar-refractivity contribution is 5.94. The molecule has 0 aliphatic rings. The first kappa shape index (κ1) is 17.4. The van der Waals surface area contributed by atoms with Gasteiger partial charge in [0.15, 0.2) is 0 Å². The maximum absolute atomic E-state index is 13.0. The van der Waals surface area contributed by atoms with Crippen LogP contribution in [0.15, 0.2) is 79.0 Å². The molecule has 2 aromatic carbocycles. The van der Waals surface area contributed by atoms with Gasteiger partial charge in [0.05, 0.1) is 23.9 Å². The molecule has 0 N–H and O–H groups in total.